The number of aliphatic hydroxyl groups excluding tert-OH is 1. The van der Waals surface area contributed by atoms with E-state index in [4.69, 9.17) is 11.2 Å². The summed E-state index contributed by atoms with van der Waals surface area (Å²) in [7, 11) is 0. The van der Waals surface area contributed by atoms with Crippen LogP contribution in [0.2, 0.25) is 0 Å². The third kappa shape index (κ3) is 4.40. The van der Waals surface area contributed by atoms with Crippen LogP contribution in [0.1, 0.15) is 43.1 Å². The molecule has 1 unspecified atom stereocenters. The summed E-state index contributed by atoms with van der Waals surface area (Å²) >= 11 is 1.46. The van der Waals surface area contributed by atoms with Crippen molar-refractivity contribution in [1.29, 1.82) is 5.26 Å². The fourth-order valence-corrected chi connectivity index (χ4v) is 3.96. The van der Waals surface area contributed by atoms with Crippen molar-refractivity contribution in [2.24, 2.45) is 5.10 Å². The van der Waals surface area contributed by atoms with E-state index >= 15 is 0 Å². The Kier molecular flexibility index (Phi) is 6.43. The minimum Gasteiger partial charge on any atom is -0.489 e. The number of terminal acetylenes is 1. The first-order valence-electron chi connectivity index (χ1n) is 9.06. The molecular formula is C21H22N4O2S. The highest BCUT2D eigenvalue weighted by Gasteiger charge is 2.27. The molecule has 0 aromatic heterocycles. The van der Waals surface area contributed by atoms with Gasteiger partial charge in [-0.25, -0.2) is 5.53 Å². The van der Waals surface area contributed by atoms with Crippen molar-refractivity contribution in [1.82, 2.24) is 9.95 Å². The molecule has 0 fully saturated rings. The van der Waals surface area contributed by atoms with Gasteiger partial charge in [0.15, 0.2) is 0 Å². The summed E-state index contributed by atoms with van der Waals surface area (Å²) in [4.78, 5) is 0. The predicted octanol–water partition coefficient (Wildman–Crippen LogP) is 3.19. The summed E-state index contributed by atoms with van der Waals surface area (Å²) in [6.07, 6.45) is 9.67. The van der Waals surface area contributed by atoms with Gasteiger partial charge in [-0.2, -0.15) is 10.4 Å². The molecule has 0 saturated carbocycles. The molecule has 1 atom stereocenters. The number of hydrazone groups is 1. The average Bonchev–Trinajstić information content (AvgIpc) is 3.29. The number of nitrogens with zero attached hydrogens (tertiary/aromatic N) is 3. The molecule has 1 heterocycles. The maximum absolute atomic E-state index is 10.1. The van der Waals surface area contributed by atoms with Crippen LogP contribution >= 0.6 is 11.9 Å². The lowest BCUT2D eigenvalue weighted by Crippen LogP contribution is -2.23. The van der Waals surface area contributed by atoms with E-state index in [0.29, 0.717) is 17.9 Å². The van der Waals surface area contributed by atoms with Gasteiger partial charge in [0, 0.05) is 23.6 Å². The van der Waals surface area contributed by atoms with E-state index in [2.05, 4.69) is 22.6 Å². The van der Waals surface area contributed by atoms with Gasteiger partial charge in [0.1, 0.15) is 16.9 Å². The van der Waals surface area contributed by atoms with Gasteiger partial charge in [0.25, 0.3) is 0 Å². The second-order valence-electron chi connectivity index (χ2n) is 6.67. The number of allylic oxidation sites excluding steroid dienone is 2. The van der Waals surface area contributed by atoms with Gasteiger partial charge >= 0.3 is 0 Å². The van der Waals surface area contributed by atoms with Crippen LogP contribution in [0.4, 0.5) is 0 Å². The summed E-state index contributed by atoms with van der Waals surface area (Å²) in [5, 5.41) is 24.8. The van der Waals surface area contributed by atoms with Crippen LogP contribution < -0.4 is 5.53 Å². The summed E-state index contributed by atoms with van der Waals surface area (Å²) in [6, 6.07) is 8.08. The predicted molar refractivity (Wildman–Crippen MR) is 111 cm³/mol. The van der Waals surface area contributed by atoms with Crippen LogP contribution in [0.5, 0.6) is 0 Å². The molecule has 28 heavy (non-hydrogen) atoms. The summed E-state index contributed by atoms with van der Waals surface area (Å²) in [5.74, 6) is 2.80. The maximum atomic E-state index is 10.1. The Morgan fingerprint density at radius 3 is 3.11 bits per heavy atom. The number of hydrogen-bond acceptors (Lipinski definition) is 7. The zero-order valence-electron chi connectivity index (χ0n) is 15.8. The largest absolute Gasteiger partial charge is 0.489 e. The lowest BCUT2D eigenvalue weighted by atomic mass is 10.0. The van der Waals surface area contributed by atoms with E-state index in [0.717, 1.165) is 34.6 Å². The van der Waals surface area contributed by atoms with E-state index in [-0.39, 0.29) is 6.10 Å². The number of ether oxygens (including phenoxy) is 1. The molecule has 6 nitrogen and oxygen atoms in total. The molecular weight excluding hydrogens is 372 g/mol. The van der Waals surface area contributed by atoms with Crippen LogP contribution in [-0.4, -0.2) is 27.2 Å². The van der Waals surface area contributed by atoms with E-state index in [1.165, 1.54) is 18.0 Å². The summed E-state index contributed by atoms with van der Waals surface area (Å²) in [5.41, 5.74) is 6.53. The Hall–Kier alpha value is -2.71. The number of nitriles is 1. The van der Waals surface area contributed by atoms with Crippen molar-refractivity contribution in [2.45, 2.75) is 38.9 Å². The van der Waals surface area contributed by atoms with Crippen LogP contribution in [0, 0.1) is 23.7 Å². The molecule has 7 heteroatoms. The van der Waals surface area contributed by atoms with Crippen molar-refractivity contribution < 1.29 is 9.84 Å². The summed E-state index contributed by atoms with van der Waals surface area (Å²) < 4.78 is 7.46. The van der Waals surface area contributed by atoms with Crippen LogP contribution in [-0.2, 0) is 11.2 Å². The molecule has 1 aliphatic heterocycles. The molecule has 0 radical (unpaired) electrons. The number of aliphatic hydroxyl groups is 1. The van der Waals surface area contributed by atoms with E-state index in [1.54, 1.807) is 6.08 Å². The molecule has 1 aliphatic carbocycles. The lowest BCUT2D eigenvalue weighted by Gasteiger charge is -2.14. The SMILES string of the molecule is C#C/C=C(OC(C)C)\C(C#N)=C/CN1NN=C(c2cccc3c2CCC3O)S1. The Balaban J connectivity index is 1.69. The fraction of sp³-hybridized carbons (Fsp3) is 0.333. The second-order valence-corrected chi connectivity index (χ2v) is 7.68. The standard InChI is InChI=1S/C21H22N4O2S/c1-4-6-20(27-14(2)3)15(13-22)11-12-25-24-23-21(28-25)18-8-5-7-17-16(18)9-10-19(17)26/h1,5-8,11,14,19,24,26H,9-10,12H2,2-3H3/b15-11-,20-6+. The van der Waals surface area contributed by atoms with Gasteiger partial charge in [-0.15, -0.1) is 10.8 Å². The first-order chi connectivity index (χ1) is 13.5. The van der Waals surface area contributed by atoms with Crippen molar-refractivity contribution >= 4 is 17.0 Å². The van der Waals surface area contributed by atoms with Gasteiger partial charge in [-0.05, 0) is 43.9 Å². The zero-order valence-corrected chi connectivity index (χ0v) is 16.7. The molecule has 0 bridgehead atoms. The highest BCUT2D eigenvalue weighted by molar-refractivity contribution is 8.12. The van der Waals surface area contributed by atoms with Gasteiger partial charge in [-0.1, -0.05) is 24.1 Å². The molecule has 1 aromatic carbocycles. The Labute approximate surface area is 169 Å². The molecule has 3 rings (SSSR count). The van der Waals surface area contributed by atoms with E-state index in [1.807, 2.05) is 36.5 Å². The second kappa shape index (κ2) is 8.99. The monoisotopic (exact) mass is 394 g/mol. The molecule has 0 saturated heterocycles. The van der Waals surface area contributed by atoms with Crippen LogP contribution in [0.25, 0.3) is 0 Å². The Morgan fingerprint density at radius 1 is 1.57 bits per heavy atom. The maximum Gasteiger partial charge on any atom is 0.145 e. The highest BCUT2D eigenvalue weighted by Crippen LogP contribution is 2.35. The highest BCUT2D eigenvalue weighted by atomic mass is 32.2. The van der Waals surface area contributed by atoms with Gasteiger partial charge < -0.3 is 9.84 Å². The number of benzene rings is 1. The topological polar surface area (TPSA) is 80.9 Å². The van der Waals surface area contributed by atoms with Crippen molar-refractivity contribution in [3.63, 3.8) is 0 Å². The van der Waals surface area contributed by atoms with Crippen molar-refractivity contribution in [3.8, 4) is 18.4 Å². The third-order valence-electron chi connectivity index (χ3n) is 4.35. The summed E-state index contributed by atoms with van der Waals surface area (Å²) in [6.45, 7) is 4.20. The smallest absolute Gasteiger partial charge is 0.145 e. The first kappa shape index (κ1) is 20.0. The van der Waals surface area contributed by atoms with Crippen LogP contribution in [0.3, 0.4) is 0 Å². The number of hydrogen-bond donors (Lipinski definition) is 2. The number of hydrazine groups is 1. The molecule has 144 valence electrons. The first-order valence-corrected chi connectivity index (χ1v) is 9.83. The molecule has 2 N–H and O–H groups in total. The average molecular weight is 395 g/mol. The van der Waals surface area contributed by atoms with Crippen molar-refractivity contribution in [3.05, 3.63) is 58.4 Å². The number of fused-ring (bicyclic) bond motifs is 1. The quantitative estimate of drug-likeness (QED) is 0.254. The molecule has 1 aromatic rings. The minimum atomic E-state index is -0.394. The van der Waals surface area contributed by atoms with Gasteiger partial charge in [0.2, 0.25) is 0 Å². The minimum absolute atomic E-state index is 0.0823. The van der Waals surface area contributed by atoms with E-state index < -0.39 is 6.10 Å². The van der Waals surface area contributed by atoms with E-state index in [9.17, 15) is 10.4 Å². The van der Waals surface area contributed by atoms with Crippen LogP contribution in [0.15, 0.2) is 46.8 Å². The third-order valence-corrected chi connectivity index (χ3v) is 5.29. The zero-order chi connectivity index (χ0) is 20.1. The molecule has 2 aliphatic rings. The normalized spacial score (nSPS) is 19.6. The van der Waals surface area contributed by atoms with Crippen molar-refractivity contribution in [2.75, 3.05) is 6.54 Å². The fourth-order valence-electron chi connectivity index (χ4n) is 3.15. The van der Waals surface area contributed by atoms with Gasteiger partial charge in [0.05, 0.1) is 24.3 Å². The number of rotatable bonds is 6. The number of nitrogens with one attached hydrogen (secondary N) is 1. The Morgan fingerprint density at radius 2 is 2.39 bits per heavy atom. The Bertz CT molecular complexity index is 921. The lowest BCUT2D eigenvalue weighted by molar-refractivity contribution is 0.155. The molecule has 0 spiro atoms. The van der Waals surface area contributed by atoms with Gasteiger partial charge in [-0.3, -0.25) is 0 Å². The molecule has 0 amide bonds.